The molecule has 1 aromatic rings. The van der Waals surface area contributed by atoms with Crippen LogP contribution in [0.3, 0.4) is 0 Å². The van der Waals surface area contributed by atoms with Crippen LogP contribution in [0, 0.1) is 0 Å². The molecule has 3 unspecified atom stereocenters. The van der Waals surface area contributed by atoms with E-state index in [0.29, 0.717) is 49.2 Å². The number of likely N-dealkylation sites (N-methyl/N-ethyl adjacent to an activating group) is 1. The number of ether oxygens (including phenoxy) is 1. The molecule has 2 aliphatic heterocycles. The quantitative estimate of drug-likeness (QED) is 0.0522. The smallest absolute Gasteiger partial charge is 0.253 e. The van der Waals surface area contributed by atoms with Gasteiger partial charge < -0.3 is 37.1 Å². The zero-order chi connectivity index (χ0) is 29.9. The number of nitrogens with two attached hydrogens (primary N) is 2. The van der Waals surface area contributed by atoms with Gasteiger partial charge in [-0.15, -0.1) is 11.8 Å². The van der Waals surface area contributed by atoms with Crippen LogP contribution in [0.25, 0.3) is 0 Å². The number of allylic oxidation sites excluding steroid dienone is 1. The molecule has 1 fully saturated rings. The van der Waals surface area contributed by atoms with Crippen LogP contribution in [-0.2, 0) is 35.3 Å². The fraction of sp³-hybridized carbons (Fsp3) is 0.440. The normalized spacial score (nSPS) is 18.4. The van der Waals surface area contributed by atoms with E-state index in [0.717, 1.165) is 5.57 Å². The molecule has 0 aliphatic carbocycles. The number of carbonyl (C=O) groups excluding carboxylic acids is 5. The molecule has 7 N–H and O–H groups in total. The van der Waals surface area contributed by atoms with Gasteiger partial charge in [-0.25, -0.2) is 0 Å². The number of aldehydes is 2. The van der Waals surface area contributed by atoms with Gasteiger partial charge in [0, 0.05) is 18.6 Å². The molecule has 0 aromatic heterocycles. The number of carbonyl (C=O) groups is 5. The minimum Gasteiger partial charge on any atom is -0.380 e. The molecule has 3 amide bonds. The van der Waals surface area contributed by atoms with Gasteiger partial charge in [-0.1, -0.05) is 42.1 Å². The highest BCUT2D eigenvalue weighted by molar-refractivity contribution is 8.13. The van der Waals surface area contributed by atoms with Gasteiger partial charge in [-0.2, -0.15) is 5.10 Å². The van der Waals surface area contributed by atoms with Crippen molar-refractivity contribution >= 4 is 59.5 Å². The van der Waals surface area contributed by atoms with E-state index in [4.69, 9.17) is 16.3 Å². The standard InChI is InChI=1S/C11H15N5O3S2.C8H10O.C6H12N2O2/c12-11(15-13)20-2-1-6-4-21-10-8(14-5-18)9(19)16(10)7(6)3-17;1-9-7-8-5-3-2-4-6-8;1-5(4-9)8-6(10)3-7-2/h3,5,8,10H,1-2,4,13H2,(H2,12,15)(H,14,18);2-6H,7H2,1H3;4-5,7H,3H2,1-2H3,(H,8,10). The van der Waals surface area contributed by atoms with Crippen molar-refractivity contribution in [2.45, 2.75) is 37.4 Å². The number of β-lactam (4-membered cyclic amide) rings is 1. The Balaban J connectivity index is 0.000000350. The highest BCUT2D eigenvalue weighted by Crippen LogP contribution is 2.40. The predicted molar refractivity (Wildman–Crippen MR) is 157 cm³/mol. The van der Waals surface area contributed by atoms with Crippen molar-refractivity contribution in [3.05, 3.63) is 47.2 Å². The number of hydrogen-bond acceptors (Lipinski definition) is 11. The fourth-order valence-corrected chi connectivity index (χ4v) is 5.50. The summed E-state index contributed by atoms with van der Waals surface area (Å²) in [7, 11) is 3.37. The summed E-state index contributed by atoms with van der Waals surface area (Å²) in [6, 6.07) is 9.17. The van der Waals surface area contributed by atoms with Gasteiger partial charge in [0.2, 0.25) is 12.3 Å². The molecule has 2 heterocycles. The predicted octanol–water partition coefficient (Wildman–Crippen LogP) is -0.477. The lowest BCUT2D eigenvalue weighted by atomic mass is 10.0. The van der Waals surface area contributed by atoms with Crippen molar-refractivity contribution in [2.75, 3.05) is 32.2 Å². The number of amides is 3. The van der Waals surface area contributed by atoms with E-state index in [1.54, 1.807) is 21.1 Å². The van der Waals surface area contributed by atoms with Crippen LogP contribution in [0.5, 0.6) is 0 Å². The molecule has 0 saturated carbocycles. The molecular formula is C25H37N7O6S2. The molecule has 220 valence electrons. The van der Waals surface area contributed by atoms with Gasteiger partial charge in [0.25, 0.3) is 5.91 Å². The Morgan fingerprint density at radius 2 is 2.00 bits per heavy atom. The van der Waals surface area contributed by atoms with Crippen LogP contribution in [0.1, 0.15) is 18.9 Å². The second-order valence-electron chi connectivity index (χ2n) is 8.29. The van der Waals surface area contributed by atoms with Crippen molar-refractivity contribution in [1.82, 2.24) is 20.9 Å². The zero-order valence-electron chi connectivity index (χ0n) is 22.7. The molecule has 1 aromatic carbocycles. The largest absolute Gasteiger partial charge is 0.380 e. The number of fused-ring (bicyclic) bond motifs is 1. The molecule has 3 atom stereocenters. The first-order valence-corrected chi connectivity index (χ1v) is 14.2. The molecule has 0 radical (unpaired) electrons. The van der Waals surface area contributed by atoms with E-state index in [1.807, 2.05) is 30.3 Å². The minimum absolute atomic E-state index is 0.165. The van der Waals surface area contributed by atoms with Gasteiger partial charge in [0.1, 0.15) is 17.7 Å². The van der Waals surface area contributed by atoms with Crippen molar-refractivity contribution < 1.29 is 28.7 Å². The monoisotopic (exact) mass is 595 g/mol. The number of hydrazone groups is 1. The molecule has 0 spiro atoms. The van der Waals surface area contributed by atoms with E-state index in [1.165, 1.54) is 34.0 Å². The third-order valence-corrected chi connectivity index (χ3v) is 7.47. The first kappa shape index (κ1) is 34.6. The SMILES string of the molecule is CNCC(=O)NC(C)C=O.COCc1ccccc1.N/N=C(\N)SCCC1=C(C=O)N2C(=O)C(NC=O)C2SC1. The Bertz CT molecular complexity index is 1040. The summed E-state index contributed by atoms with van der Waals surface area (Å²) in [5, 5.41) is 11.0. The second kappa shape index (κ2) is 19.6. The van der Waals surface area contributed by atoms with Crippen LogP contribution in [0.2, 0.25) is 0 Å². The summed E-state index contributed by atoms with van der Waals surface area (Å²) in [5.74, 6) is 5.88. The van der Waals surface area contributed by atoms with Crippen molar-refractivity contribution in [3.8, 4) is 0 Å². The average Bonchev–Trinajstić information content (AvgIpc) is 2.96. The van der Waals surface area contributed by atoms with Gasteiger partial charge in [0.15, 0.2) is 11.5 Å². The third-order valence-electron chi connectivity index (χ3n) is 5.32. The Morgan fingerprint density at radius 1 is 1.30 bits per heavy atom. The number of nitrogens with one attached hydrogen (secondary N) is 3. The summed E-state index contributed by atoms with van der Waals surface area (Å²) in [4.78, 5) is 55.9. The van der Waals surface area contributed by atoms with Gasteiger partial charge in [-0.3, -0.25) is 24.1 Å². The van der Waals surface area contributed by atoms with Crippen LogP contribution < -0.4 is 27.5 Å². The lowest BCUT2D eigenvalue weighted by Gasteiger charge is -2.49. The Kier molecular flexibility index (Phi) is 17.0. The highest BCUT2D eigenvalue weighted by atomic mass is 32.2. The van der Waals surface area contributed by atoms with E-state index < -0.39 is 6.04 Å². The number of thioether (sulfide) groups is 2. The third kappa shape index (κ3) is 11.4. The van der Waals surface area contributed by atoms with E-state index in [9.17, 15) is 24.0 Å². The first-order valence-electron chi connectivity index (χ1n) is 12.2. The lowest BCUT2D eigenvalue weighted by molar-refractivity contribution is -0.145. The molecule has 2 aliphatic rings. The molecule has 0 bridgehead atoms. The number of hydrogen-bond donors (Lipinski definition) is 5. The van der Waals surface area contributed by atoms with Crippen molar-refractivity contribution in [1.29, 1.82) is 0 Å². The molecule has 3 rings (SSSR count). The highest BCUT2D eigenvalue weighted by Gasteiger charge is 2.51. The first-order chi connectivity index (χ1) is 19.3. The summed E-state index contributed by atoms with van der Waals surface area (Å²) in [5.41, 5.74) is 7.99. The summed E-state index contributed by atoms with van der Waals surface area (Å²) < 4.78 is 4.93. The van der Waals surface area contributed by atoms with Crippen LogP contribution in [0.4, 0.5) is 0 Å². The van der Waals surface area contributed by atoms with Gasteiger partial charge >= 0.3 is 0 Å². The maximum Gasteiger partial charge on any atom is 0.253 e. The number of benzene rings is 1. The topological polar surface area (TPSA) is 198 Å². The lowest BCUT2D eigenvalue weighted by Crippen LogP contribution is -2.69. The molecule has 40 heavy (non-hydrogen) atoms. The molecular weight excluding hydrogens is 558 g/mol. The van der Waals surface area contributed by atoms with E-state index in [-0.39, 0.29) is 34.9 Å². The average molecular weight is 596 g/mol. The van der Waals surface area contributed by atoms with Crippen LogP contribution in [-0.4, -0.2) is 90.5 Å². The van der Waals surface area contributed by atoms with E-state index >= 15 is 0 Å². The Labute approximate surface area is 242 Å². The minimum atomic E-state index is -0.543. The number of nitrogens with zero attached hydrogens (tertiary/aromatic N) is 2. The maximum atomic E-state index is 12.0. The molecule has 13 nitrogen and oxygen atoms in total. The van der Waals surface area contributed by atoms with Crippen molar-refractivity contribution in [2.24, 2.45) is 16.7 Å². The van der Waals surface area contributed by atoms with Crippen LogP contribution >= 0.6 is 23.5 Å². The molecule has 1 saturated heterocycles. The number of rotatable bonds is 12. The second-order valence-corrected chi connectivity index (χ2v) is 10.5. The molecule has 15 heteroatoms. The van der Waals surface area contributed by atoms with Crippen LogP contribution in [0.15, 0.2) is 46.7 Å². The van der Waals surface area contributed by atoms with Crippen molar-refractivity contribution in [3.63, 3.8) is 0 Å². The number of methoxy groups -OCH3 is 1. The fourth-order valence-electron chi connectivity index (χ4n) is 3.44. The summed E-state index contributed by atoms with van der Waals surface area (Å²) in [6.45, 7) is 2.58. The van der Waals surface area contributed by atoms with Gasteiger partial charge in [0.05, 0.1) is 24.9 Å². The zero-order valence-corrected chi connectivity index (χ0v) is 24.3. The van der Waals surface area contributed by atoms with Gasteiger partial charge in [-0.05, 0) is 31.5 Å². The Hall–Kier alpha value is -3.40. The number of amidine groups is 1. The maximum absolute atomic E-state index is 12.0. The summed E-state index contributed by atoms with van der Waals surface area (Å²) in [6.07, 6.45) is 2.51. The Morgan fingerprint density at radius 3 is 2.55 bits per heavy atom. The van der Waals surface area contributed by atoms with E-state index in [2.05, 4.69) is 21.1 Å². The summed E-state index contributed by atoms with van der Waals surface area (Å²) >= 11 is 2.82.